The van der Waals surface area contributed by atoms with Crippen molar-refractivity contribution in [2.24, 2.45) is 5.92 Å². The van der Waals surface area contributed by atoms with E-state index in [-0.39, 0.29) is 23.1 Å². The zero-order valence-corrected chi connectivity index (χ0v) is 24.3. The molecule has 230 valence electrons. The number of halogens is 3. The van der Waals surface area contributed by atoms with E-state index in [1.807, 2.05) is 0 Å². The van der Waals surface area contributed by atoms with Gasteiger partial charge in [0.25, 0.3) is 5.91 Å². The van der Waals surface area contributed by atoms with E-state index in [1.165, 1.54) is 42.3 Å². The lowest BCUT2D eigenvalue weighted by molar-refractivity contribution is -0.140. The molecule has 0 bridgehead atoms. The van der Waals surface area contributed by atoms with Gasteiger partial charge in [-0.2, -0.15) is 18.3 Å². The van der Waals surface area contributed by atoms with E-state index in [9.17, 15) is 27.6 Å². The maximum Gasteiger partial charge on any atom is 0.437 e. The topological polar surface area (TPSA) is 132 Å². The number of carbonyl (C=O) groups excluding carboxylic acids is 3. The van der Waals surface area contributed by atoms with Crippen LogP contribution in [0, 0.1) is 5.92 Å². The van der Waals surface area contributed by atoms with Gasteiger partial charge in [-0.1, -0.05) is 0 Å². The number of oxazole rings is 1. The van der Waals surface area contributed by atoms with Gasteiger partial charge in [-0.25, -0.2) is 19.4 Å². The average molecular weight is 611 g/mol. The third-order valence-electron chi connectivity index (χ3n) is 6.53. The molecule has 3 heterocycles. The molecule has 0 radical (unpaired) electrons. The number of rotatable bonds is 8. The molecule has 0 atom stereocenters. The predicted molar refractivity (Wildman–Crippen MR) is 153 cm³/mol. The predicted octanol–water partition coefficient (Wildman–Crippen LogP) is 6.55. The van der Waals surface area contributed by atoms with Crippen LogP contribution < -0.4 is 10.2 Å². The summed E-state index contributed by atoms with van der Waals surface area (Å²) >= 11 is 0. The molecule has 44 heavy (non-hydrogen) atoms. The highest BCUT2D eigenvalue weighted by Gasteiger charge is 2.38. The first kappa shape index (κ1) is 30.4. The summed E-state index contributed by atoms with van der Waals surface area (Å²) in [6, 6.07) is 8.93. The molecular formula is C30H29F3N6O5. The van der Waals surface area contributed by atoms with Crippen LogP contribution in [0.4, 0.5) is 29.5 Å². The average Bonchev–Trinajstić information content (AvgIpc) is 3.44. The fourth-order valence-corrected chi connectivity index (χ4v) is 4.19. The third kappa shape index (κ3) is 7.13. The number of hydrogen-bond donors (Lipinski definition) is 1. The van der Waals surface area contributed by atoms with E-state index in [1.54, 1.807) is 32.9 Å². The molecule has 1 saturated carbocycles. The third-order valence-corrected chi connectivity index (χ3v) is 6.53. The number of ketones is 1. The summed E-state index contributed by atoms with van der Waals surface area (Å²) in [7, 11) is 0. The second kappa shape index (κ2) is 11.6. The minimum Gasteiger partial charge on any atom is -0.444 e. The zero-order chi connectivity index (χ0) is 31.8. The van der Waals surface area contributed by atoms with Crippen LogP contribution in [0.1, 0.15) is 67.1 Å². The summed E-state index contributed by atoms with van der Waals surface area (Å²) < 4.78 is 53.4. The van der Waals surface area contributed by atoms with Gasteiger partial charge >= 0.3 is 12.3 Å². The molecule has 0 aliphatic heterocycles. The molecule has 1 aromatic carbocycles. The SMILES string of the molecule is CC(=O)c1ccc(-n2cc(NC(=O)c3coc(-c4ccnc(N(CC5CC5)C(=O)OC(C)(C)C)c4)n3)c(C(F)(F)F)n2)cc1. The van der Waals surface area contributed by atoms with Crippen LogP contribution in [-0.2, 0) is 10.9 Å². The van der Waals surface area contributed by atoms with Crippen molar-refractivity contribution in [3.63, 3.8) is 0 Å². The number of pyridine rings is 1. The van der Waals surface area contributed by atoms with Gasteiger partial charge in [0, 0.05) is 23.9 Å². The second-order valence-electron chi connectivity index (χ2n) is 11.4. The number of aromatic nitrogens is 4. The number of carbonyl (C=O) groups is 3. The lowest BCUT2D eigenvalue weighted by Crippen LogP contribution is -2.38. The molecule has 4 aromatic rings. The van der Waals surface area contributed by atoms with Crippen LogP contribution in [0.25, 0.3) is 17.1 Å². The fourth-order valence-electron chi connectivity index (χ4n) is 4.19. The Labute approximate surface area is 250 Å². The summed E-state index contributed by atoms with van der Waals surface area (Å²) in [6.07, 6.45) is 0.0134. The van der Waals surface area contributed by atoms with Gasteiger partial charge in [0.1, 0.15) is 17.7 Å². The number of hydrogen-bond acceptors (Lipinski definition) is 8. The Balaban J connectivity index is 1.37. The van der Waals surface area contributed by atoms with Gasteiger partial charge in [-0.15, -0.1) is 0 Å². The van der Waals surface area contributed by atoms with Crippen LogP contribution in [0.2, 0.25) is 0 Å². The summed E-state index contributed by atoms with van der Waals surface area (Å²) in [6.45, 7) is 7.08. The van der Waals surface area contributed by atoms with Crippen LogP contribution in [0.3, 0.4) is 0 Å². The van der Waals surface area contributed by atoms with Crippen molar-refractivity contribution >= 4 is 29.3 Å². The molecule has 0 saturated heterocycles. The first-order chi connectivity index (χ1) is 20.7. The van der Waals surface area contributed by atoms with Crippen LogP contribution >= 0.6 is 0 Å². The normalized spacial score (nSPS) is 13.4. The van der Waals surface area contributed by atoms with Gasteiger partial charge in [0.2, 0.25) is 5.89 Å². The Bertz CT molecular complexity index is 1700. The van der Waals surface area contributed by atoms with Gasteiger partial charge in [0.05, 0.1) is 17.6 Å². The van der Waals surface area contributed by atoms with Gasteiger partial charge in [-0.05, 0) is 82.9 Å². The van der Waals surface area contributed by atoms with Gasteiger partial charge in [-0.3, -0.25) is 14.5 Å². The minimum absolute atomic E-state index is 0.00772. The number of nitrogens with zero attached hydrogens (tertiary/aromatic N) is 5. The largest absolute Gasteiger partial charge is 0.444 e. The van der Waals surface area contributed by atoms with Crippen LogP contribution in [0.5, 0.6) is 0 Å². The van der Waals surface area contributed by atoms with E-state index in [0.717, 1.165) is 30.0 Å². The molecule has 1 fully saturated rings. The van der Waals surface area contributed by atoms with Crippen molar-refractivity contribution in [1.29, 1.82) is 0 Å². The molecule has 1 aliphatic rings. The lowest BCUT2D eigenvalue weighted by atomic mass is 10.1. The Morgan fingerprint density at radius 2 is 1.82 bits per heavy atom. The molecule has 0 unspecified atom stereocenters. The Morgan fingerprint density at radius 1 is 1.11 bits per heavy atom. The molecule has 0 spiro atoms. The monoisotopic (exact) mass is 610 g/mol. The first-order valence-electron chi connectivity index (χ1n) is 13.7. The first-order valence-corrected chi connectivity index (χ1v) is 13.7. The number of amides is 2. The van der Waals surface area contributed by atoms with Crippen molar-refractivity contribution in [3.8, 4) is 17.1 Å². The van der Waals surface area contributed by atoms with Crippen molar-refractivity contribution in [3.05, 3.63) is 72.0 Å². The maximum atomic E-state index is 13.8. The number of anilines is 2. The smallest absolute Gasteiger partial charge is 0.437 e. The fraction of sp³-hybridized carbons (Fsp3) is 0.333. The molecule has 2 amide bonds. The molecule has 1 aliphatic carbocycles. The number of alkyl halides is 3. The van der Waals surface area contributed by atoms with Crippen molar-refractivity contribution in [2.45, 2.75) is 52.3 Å². The summed E-state index contributed by atoms with van der Waals surface area (Å²) in [5, 5.41) is 5.82. The number of nitrogens with one attached hydrogen (secondary N) is 1. The number of Topliss-reactive ketones (excluding diaryl/α,β-unsaturated/α-hetero) is 1. The van der Waals surface area contributed by atoms with Crippen LogP contribution in [-0.4, -0.2) is 49.7 Å². The highest BCUT2D eigenvalue weighted by atomic mass is 19.4. The zero-order valence-electron chi connectivity index (χ0n) is 24.3. The molecule has 3 aromatic heterocycles. The van der Waals surface area contributed by atoms with E-state index >= 15 is 0 Å². The molecular weight excluding hydrogens is 581 g/mol. The lowest BCUT2D eigenvalue weighted by Gasteiger charge is -2.27. The summed E-state index contributed by atoms with van der Waals surface area (Å²) in [5.74, 6) is -0.543. The summed E-state index contributed by atoms with van der Waals surface area (Å²) in [4.78, 5) is 47.4. The quantitative estimate of drug-likeness (QED) is 0.222. The van der Waals surface area contributed by atoms with E-state index in [4.69, 9.17) is 9.15 Å². The minimum atomic E-state index is -4.88. The second-order valence-corrected chi connectivity index (χ2v) is 11.4. The molecule has 11 nitrogen and oxygen atoms in total. The van der Waals surface area contributed by atoms with Crippen molar-refractivity contribution in [2.75, 3.05) is 16.8 Å². The maximum absolute atomic E-state index is 13.8. The standard InChI is InChI=1S/C30H29F3N6O5/c1-17(40)19-7-9-21(10-8-19)39-15-22(25(37-39)30(31,32)33)35-26(41)23-16-43-27(36-23)20-11-12-34-24(13-20)38(14-18-5-6-18)28(42)44-29(2,3)4/h7-13,15-16,18H,5-6,14H2,1-4H3,(H,35,41). The number of benzene rings is 1. The van der Waals surface area contributed by atoms with Crippen molar-refractivity contribution in [1.82, 2.24) is 19.7 Å². The van der Waals surface area contributed by atoms with E-state index in [2.05, 4.69) is 20.4 Å². The number of ether oxygens (including phenoxy) is 1. The highest BCUT2D eigenvalue weighted by molar-refractivity contribution is 6.03. The van der Waals surface area contributed by atoms with E-state index < -0.39 is 35.2 Å². The van der Waals surface area contributed by atoms with Crippen LogP contribution in [0.15, 0.2) is 59.5 Å². The van der Waals surface area contributed by atoms with Gasteiger partial charge in [0.15, 0.2) is 17.2 Å². The Kier molecular flexibility index (Phi) is 8.02. The molecule has 14 heteroatoms. The van der Waals surface area contributed by atoms with Crippen molar-refractivity contribution < 1.29 is 36.7 Å². The highest BCUT2D eigenvalue weighted by Crippen LogP contribution is 2.35. The Hall–Kier alpha value is -5.01. The van der Waals surface area contributed by atoms with E-state index in [0.29, 0.717) is 29.4 Å². The van der Waals surface area contributed by atoms with Gasteiger partial charge < -0.3 is 14.5 Å². The molecule has 5 rings (SSSR count). The Morgan fingerprint density at radius 3 is 2.43 bits per heavy atom. The molecule has 1 N–H and O–H groups in total. The summed E-state index contributed by atoms with van der Waals surface area (Å²) in [5.41, 5.74) is -1.90.